The second-order valence-corrected chi connectivity index (χ2v) is 12.0. The summed E-state index contributed by atoms with van der Waals surface area (Å²) >= 11 is 0. The number of carbonyl (C=O) groups excluding carboxylic acids is 1. The Labute approximate surface area is 277 Å². The van der Waals surface area contributed by atoms with Gasteiger partial charge >= 0.3 is 0 Å². The van der Waals surface area contributed by atoms with Crippen molar-refractivity contribution in [2.45, 2.75) is 151 Å². The average molecular weight is 644 g/mol. The van der Waals surface area contributed by atoms with Gasteiger partial charge in [-0.1, -0.05) is 77.3 Å². The van der Waals surface area contributed by atoms with Crippen LogP contribution in [0.5, 0.6) is 0 Å². The van der Waals surface area contributed by atoms with Gasteiger partial charge in [0, 0.05) is 48.5 Å². The van der Waals surface area contributed by atoms with Crippen LogP contribution >= 0.6 is 0 Å². The van der Waals surface area contributed by atoms with Crippen molar-refractivity contribution in [1.29, 1.82) is 0 Å². The van der Waals surface area contributed by atoms with E-state index in [4.69, 9.17) is 0 Å². The molecule has 0 bridgehead atoms. The summed E-state index contributed by atoms with van der Waals surface area (Å²) in [6.07, 6.45) is 9.10. The summed E-state index contributed by atoms with van der Waals surface area (Å²) in [5, 5.41) is 11.6. The lowest BCUT2D eigenvalue weighted by Crippen LogP contribution is -2.36. The maximum absolute atomic E-state index is 13.4. The van der Waals surface area contributed by atoms with Crippen molar-refractivity contribution < 1.29 is 18.0 Å². The lowest BCUT2D eigenvalue weighted by atomic mass is 9.80. The number of nitrogens with one attached hydrogen (secondary N) is 1. The number of rotatable bonds is 13. The number of nitrogens with zero attached hydrogens (tertiary/aromatic N) is 2. The maximum atomic E-state index is 13.4. The van der Waals surface area contributed by atoms with Crippen LogP contribution in [0, 0.1) is 12.8 Å². The van der Waals surface area contributed by atoms with Crippen molar-refractivity contribution in [3.8, 4) is 0 Å². The summed E-state index contributed by atoms with van der Waals surface area (Å²) in [5.41, 5.74) is 5.54. The van der Waals surface area contributed by atoms with E-state index in [-0.39, 0.29) is 11.3 Å². The predicted molar refractivity (Wildman–Crippen MR) is 191 cm³/mol. The predicted octanol–water partition coefficient (Wildman–Crippen LogP) is 11.4. The first-order chi connectivity index (χ1) is 22.1. The molecule has 0 aromatic heterocycles. The summed E-state index contributed by atoms with van der Waals surface area (Å²) in [6.45, 7) is 16.4. The van der Waals surface area contributed by atoms with Gasteiger partial charge in [0.1, 0.15) is 6.17 Å². The first kappa shape index (κ1) is 41.2. The molecule has 258 valence electrons. The molecule has 2 saturated carbocycles. The molecule has 1 unspecified atom stereocenters. The summed E-state index contributed by atoms with van der Waals surface area (Å²) in [7, 11) is 0. The number of alkyl halides is 3. The second kappa shape index (κ2) is 23.5. The van der Waals surface area contributed by atoms with Crippen molar-refractivity contribution in [2.24, 2.45) is 16.1 Å². The van der Waals surface area contributed by atoms with Crippen LogP contribution in [-0.2, 0) is 19.4 Å². The third kappa shape index (κ3) is 14.7. The van der Waals surface area contributed by atoms with Crippen LogP contribution in [0.3, 0.4) is 0 Å². The summed E-state index contributed by atoms with van der Waals surface area (Å²) in [6, 6.07) is 12.3. The molecule has 2 aliphatic rings. The van der Waals surface area contributed by atoms with Crippen LogP contribution in [0.25, 0.3) is 0 Å². The van der Waals surface area contributed by atoms with Gasteiger partial charge in [0.2, 0.25) is 0 Å². The third-order valence-electron chi connectivity index (χ3n) is 8.42. The molecule has 0 amide bonds. The zero-order valence-electron chi connectivity index (χ0n) is 29.8. The van der Waals surface area contributed by atoms with Crippen molar-refractivity contribution in [1.82, 2.24) is 5.32 Å². The van der Waals surface area contributed by atoms with Gasteiger partial charge in [-0.25, -0.2) is 13.2 Å². The summed E-state index contributed by atoms with van der Waals surface area (Å²) < 4.78 is 38.3. The van der Waals surface area contributed by atoms with Crippen molar-refractivity contribution in [3.63, 3.8) is 0 Å². The molecular weight excluding hydrogens is 583 g/mol. The van der Waals surface area contributed by atoms with E-state index >= 15 is 0 Å². The standard InChI is InChI=1S/C19H27F2NO.C14H20N2.C4H7F.C2H6/c1-4-15-16(18(23)5-2)9-13(10-17(15)19(20)21)11-22-12(3)14-7-6-8-14;1-4-7-14(16-15-5-2)11-13-9-6-8-12(3)10-13;5-4-2-1-3-4;1-2/h9-10,12,14,19,22H,4-8,11H2,1-3H3;5-6,8-10H,4,7,11H2,1-3H3;4H,1-3H2;1-2H3/b;15-5-,16-14+;;. The lowest BCUT2D eigenvalue weighted by Gasteiger charge is -2.32. The number of Topliss-reactive ketones (excluding diaryl/α,β-unsaturated/α-hetero) is 1. The van der Waals surface area contributed by atoms with Crippen molar-refractivity contribution in [2.75, 3.05) is 0 Å². The molecule has 0 saturated heterocycles. The highest BCUT2D eigenvalue weighted by Crippen LogP contribution is 2.31. The SMILES string of the molecule is C/C=N\N=C(/CCC)Cc1cccc(C)c1.CC.CCC(=O)c1cc(CNC(C)C2CCC2)cc(C(F)F)c1CC.FC1CCC1. The zero-order chi connectivity index (χ0) is 34.5. The first-order valence-electron chi connectivity index (χ1n) is 17.6. The topological polar surface area (TPSA) is 53.8 Å². The number of benzene rings is 2. The largest absolute Gasteiger partial charge is 0.310 e. The number of halogens is 3. The van der Waals surface area contributed by atoms with Crippen LogP contribution in [0.15, 0.2) is 46.6 Å². The quantitative estimate of drug-likeness (QED) is 0.134. The van der Waals surface area contributed by atoms with E-state index in [1.165, 1.54) is 30.4 Å². The van der Waals surface area contributed by atoms with Gasteiger partial charge in [-0.05, 0) is 100 Å². The van der Waals surface area contributed by atoms with E-state index in [0.717, 1.165) is 49.8 Å². The molecule has 1 N–H and O–H groups in total. The normalized spacial score (nSPS) is 15.4. The van der Waals surface area contributed by atoms with Crippen molar-refractivity contribution in [3.05, 3.63) is 69.8 Å². The Morgan fingerprint density at radius 1 is 1.02 bits per heavy atom. The molecule has 1 atom stereocenters. The molecule has 0 heterocycles. The molecule has 2 aliphatic carbocycles. The Bertz CT molecular complexity index is 1200. The molecule has 46 heavy (non-hydrogen) atoms. The van der Waals surface area contributed by atoms with Crippen LogP contribution in [0.2, 0.25) is 0 Å². The van der Waals surface area contributed by atoms with Gasteiger partial charge < -0.3 is 5.32 Å². The number of hydrogen-bond acceptors (Lipinski definition) is 4. The first-order valence-corrected chi connectivity index (χ1v) is 17.6. The van der Waals surface area contributed by atoms with Gasteiger partial charge in [-0.15, -0.1) is 0 Å². The number of ketones is 1. The van der Waals surface area contributed by atoms with Gasteiger partial charge in [0.15, 0.2) is 5.78 Å². The fraction of sp³-hybridized carbons (Fsp3) is 0.615. The highest BCUT2D eigenvalue weighted by molar-refractivity contribution is 5.97. The molecule has 0 radical (unpaired) electrons. The van der Waals surface area contributed by atoms with E-state index in [2.05, 4.69) is 60.6 Å². The summed E-state index contributed by atoms with van der Waals surface area (Å²) in [4.78, 5) is 12.2. The highest BCUT2D eigenvalue weighted by Gasteiger charge is 2.24. The minimum Gasteiger partial charge on any atom is -0.310 e. The Kier molecular flexibility index (Phi) is 21.1. The Hall–Kier alpha value is -2.80. The van der Waals surface area contributed by atoms with Gasteiger partial charge in [0.05, 0.1) is 0 Å². The Balaban J connectivity index is 0.000000396. The number of aryl methyl sites for hydroxylation is 1. The molecule has 2 aromatic carbocycles. The van der Waals surface area contributed by atoms with E-state index in [9.17, 15) is 18.0 Å². The molecule has 4 nitrogen and oxygen atoms in total. The van der Waals surface area contributed by atoms with Crippen LogP contribution in [0.1, 0.15) is 151 Å². The fourth-order valence-electron chi connectivity index (χ4n) is 5.29. The molecule has 0 spiro atoms. The van der Waals surface area contributed by atoms with Crippen molar-refractivity contribution >= 4 is 17.7 Å². The van der Waals surface area contributed by atoms with E-state index in [1.54, 1.807) is 25.3 Å². The minimum atomic E-state index is -2.54. The van der Waals surface area contributed by atoms with Gasteiger partial charge in [-0.2, -0.15) is 10.2 Å². The average Bonchev–Trinajstić information content (AvgIpc) is 3.01. The van der Waals surface area contributed by atoms with Crippen LogP contribution in [-0.4, -0.2) is 29.9 Å². The smallest absolute Gasteiger partial charge is 0.264 e. The van der Waals surface area contributed by atoms with E-state index < -0.39 is 12.6 Å². The molecule has 2 fully saturated rings. The molecule has 4 rings (SSSR count). The second-order valence-electron chi connectivity index (χ2n) is 12.0. The molecule has 2 aromatic rings. The number of carbonyl (C=O) groups is 1. The maximum Gasteiger partial charge on any atom is 0.264 e. The monoisotopic (exact) mass is 643 g/mol. The van der Waals surface area contributed by atoms with E-state index in [0.29, 0.717) is 42.5 Å². The minimum absolute atomic E-state index is 0.0138. The Morgan fingerprint density at radius 3 is 2.13 bits per heavy atom. The lowest BCUT2D eigenvalue weighted by molar-refractivity contribution is 0.0986. The van der Waals surface area contributed by atoms with E-state index in [1.807, 2.05) is 27.7 Å². The van der Waals surface area contributed by atoms with Gasteiger partial charge in [0.25, 0.3) is 6.43 Å². The molecule has 0 aliphatic heterocycles. The third-order valence-corrected chi connectivity index (χ3v) is 8.42. The Morgan fingerprint density at radius 2 is 1.67 bits per heavy atom. The van der Waals surface area contributed by atoms with Crippen LogP contribution < -0.4 is 5.32 Å². The number of hydrogen-bond donors (Lipinski definition) is 1. The fourth-order valence-corrected chi connectivity index (χ4v) is 5.29. The van der Waals surface area contributed by atoms with Gasteiger partial charge in [-0.3, -0.25) is 4.79 Å². The van der Waals surface area contributed by atoms with Crippen LogP contribution in [0.4, 0.5) is 13.2 Å². The zero-order valence-corrected chi connectivity index (χ0v) is 29.8. The molecular formula is C39H60F3N3O. The summed E-state index contributed by atoms with van der Waals surface area (Å²) in [5.74, 6) is 0.633. The highest BCUT2D eigenvalue weighted by atomic mass is 19.3. The molecule has 7 heteroatoms.